The lowest BCUT2D eigenvalue weighted by molar-refractivity contribution is -0.200. The van der Waals surface area contributed by atoms with E-state index in [1.807, 2.05) is 25.2 Å². The number of phenols is 2. The predicted octanol–water partition coefficient (Wildman–Crippen LogP) is 7.79. The molecule has 10 atom stereocenters. The van der Waals surface area contributed by atoms with Crippen molar-refractivity contribution < 1.29 is 57.1 Å². The second-order valence-corrected chi connectivity index (χ2v) is 23.4. The molecule has 4 bridgehead atoms. The zero-order valence-corrected chi connectivity index (χ0v) is 44.6. The van der Waals surface area contributed by atoms with E-state index in [2.05, 4.69) is 21.6 Å². The highest BCUT2D eigenvalue weighted by Gasteiger charge is 2.75. The molecule has 2 spiro atoms. The van der Waals surface area contributed by atoms with Gasteiger partial charge in [-0.2, -0.15) is 13.2 Å². The molecule has 6 fully saturated rings. The summed E-state index contributed by atoms with van der Waals surface area (Å²) in [5.41, 5.74) is 1.15. The Morgan fingerprint density at radius 1 is 0.714 bits per heavy atom. The van der Waals surface area contributed by atoms with Crippen LogP contribution < -0.4 is 9.47 Å². The summed E-state index contributed by atoms with van der Waals surface area (Å²) in [5.74, 6) is 7.22. The summed E-state index contributed by atoms with van der Waals surface area (Å²) in [6.07, 6.45) is 11.3. The summed E-state index contributed by atoms with van der Waals surface area (Å²) in [6.45, 7) is 3.75. The molecule has 2 amide bonds. The molecule has 1 aromatic heterocycles. The van der Waals surface area contributed by atoms with E-state index in [1.165, 1.54) is 43.4 Å². The lowest BCUT2D eigenvalue weighted by Crippen LogP contribution is -2.78. The number of alkyl halides is 3. The van der Waals surface area contributed by atoms with Crippen molar-refractivity contribution in [3.63, 3.8) is 0 Å². The maximum Gasteiger partial charge on any atom is 0.416 e. The number of likely N-dealkylation sites (N-methyl/N-ethyl adjacent to an activating group) is 2. The van der Waals surface area contributed by atoms with Crippen LogP contribution in [0.4, 0.5) is 13.2 Å². The molecule has 2 saturated heterocycles. The lowest BCUT2D eigenvalue weighted by Gasteiger charge is -2.64. The fourth-order valence-electron chi connectivity index (χ4n) is 15.6. The van der Waals surface area contributed by atoms with Crippen molar-refractivity contribution >= 4 is 42.7 Å². The number of carbonyl (C=O) groups excluding carboxylic acids is 2. The molecular formula is C59H65Cl2F3N4O9. The van der Waals surface area contributed by atoms with E-state index in [4.69, 9.17) is 13.9 Å². The maximum atomic E-state index is 13.3. The zero-order chi connectivity index (χ0) is 52.0. The summed E-state index contributed by atoms with van der Waals surface area (Å²) in [5, 5.41) is 46.7. The van der Waals surface area contributed by atoms with Crippen LogP contribution in [0, 0.1) is 23.7 Å². The first-order chi connectivity index (χ1) is 35.9. The van der Waals surface area contributed by atoms with Gasteiger partial charge >= 0.3 is 6.18 Å². The highest BCUT2D eigenvalue weighted by molar-refractivity contribution is 5.94. The molecule has 77 heavy (non-hydrogen) atoms. The molecular weight excluding hydrogens is 1040 g/mol. The van der Waals surface area contributed by atoms with E-state index in [9.17, 15) is 43.2 Å². The summed E-state index contributed by atoms with van der Waals surface area (Å²) in [4.78, 5) is 34.7. The molecule has 0 unspecified atom stereocenters. The number of halogens is 5. The molecule has 410 valence electrons. The number of furan rings is 1. The molecule has 6 aliphatic carbocycles. The van der Waals surface area contributed by atoms with Crippen LogP contribution in [-0.2, 0) is 39.4 Å². The van der Waals surface area contributed by atoms with Crippen molar-refractivity contribution in [1.82, 2.24) is 19.6 Å². The van der Waals surface area contributed by atoms with E-state index in [0.717, 1.165) is 79.3 Å². The molecule has 0 radical (unpaired) electrons. The molecule has 4 aromatic rings. The number of likely N-dealkylation sites (tertiary alicyclic amines) is 2. The Morgan fingerprint density at radius 3 is 1.69 bits per heavy atom. The van der Waals surface area contributed by atoms with Gasteiger partial charge in [0.05, 0.1) is 52.2 Å². The summed E-state index contributed by atoms with van der Waals surface area (Å²) in [6, 6.07) is 12.9. The van der Waals surface area contributed by atoms with Gasteiger partial charge in [0.2, 0.25) is 5.91 Å². The number of ether oxygens (including phenoxy) is 2. The molecule has 5 heterocycles. The van der Waals surface area contributed by atoms with E-state index in [-0.39, 0.29) is 60.3 Å². The van der Waals surface area contributed by atoms with Crippen molar-refractivity contribution in [3.8, 4) is 34.8 Å². The van der Waals surface area contributed by atoms with Gasteiger partial charge in [-0.3, -0.25) is 19.4 Å². The zero-order valence-electron chi connectivity index (χ0n) is 43.0. The van der Waals surface area contributed by atoms with Crippen LogP contribution in [0.15, 0.2) is 77.6 Å². The van der Waals surface area contributed by atoms with Crippen molar-refractivity contribution in [1.29, 1.82) is 0 Å². The van der Waals surface area contributed by atoms with E-state index in [0.29, 0.717) is 61.5 Å². The van der Waals surface area contributed by atoms with Crippen LogP contribution in [0.25, 0.3) is 6.08 Å². The number of aromatic hydroxyl groups is 2. The summed E-state index contributed by atoms with van der Waals surface area (Å²) >= 11 is 0. The molecule has 13 nitrogen and oxygen atoms in total. The van der Waals surface area contributed by atoms with Gasteiger partial charge in [0.25, 0.3) is 5.91 Å². The molecule has 10 aliphatic rings. The number of amides is 2. The minimum atomic E-state index is -4.44. The average molecular weight is 1100 g/mol. The molecule has 4 saturated carbocycles. The average Bonchev–Trinajstić information content (AvgIpc) is 4.48. The van der Waals surface area contributed by atoms with Gasteiger partial charge in [-0.15, -0.1) is 24.8 Å². The number of rotatable bonds is 8. The Kier molecular flexibility index (Phi) is 13.3. The predicted molar refractivity (Wildman–Crippen MR) is 283 cm³/mol. The third-order valence-corrected chi connectivity index (χ3v) is 19.6. The molecule has 18 heteroatoms. The Balaban J connectivity index is 0.000000161. The van der Waals surface area contributed by atoms with Gasteiger partial charge in [-0.05, 0) is 162 Å². The standard InChI is InChI=1S/C31H31F3N2O4.C28H32N2O5.2ClH/c1-35(25(38)11-6-18-4-8-21(9-5-18)31(32,33)34)22-12-13-30(39)24-16-20-7-10-23(37)27-26(20)29(30,28(22)40-27)14-15-36(24)17-19-2-3-19;1-29(23(32)7-4-18-9-13-34-16-18)20-8-10-28(33)22-14-19-5-6-21(31)25-24(19)27(28,26(20)35-25)11-12-30(22)15-17-2-3-17;;/h4-5,7-10,19,22,24,28,37,39H,2-3,12-17H2,1H3;4-7,9,13,16-17,20,22,26,31,33H,2-3,8,10-12,14-15H2,1H3;2*1H/b;7-4+;;/t22-,24-,28+,29+,30-;20-,22-,26+,27+,28-;;/m11../s1. The van der Waals surface area contributed by atoms with Crippen molar-refractivity contribution in [2.45, 2.75) is 142 Å². The Morgan fingerprint density at radius 2 is 1.22 bits per heavy atom. The highest BCUT2D eigenvalue weighted by Crippen LogP contribution is 2.68. The SMILES string of the molecule is CN(C(=O)/C=C/c1ccoc1)[C@@H]1CC[C@@]2(O)[C@H]3Cc4ccc(O)c5c4[C@@]2(CCN3CC2CC2)[C@H]1O5.CN(C(=O)C#Cc1ccc(C(F)(F)F)cc1)[C@@H]1CC[C@@]2(O)[C@H]3Cc4ccc(O)c5c4[C@@]2(CCN3CC2CC2)[C@H]1O5.Cl.Cl. The first-order valence-corrected chi connectivity index (χ1v) is 26.8. The quantitative estimate of drug-likeness (QED) is 0.101. The van der Waals surface area contributed by atoms with Gasteiger partial charge < -0.3 is 44.1 Å². The first-order valence-electron chi connectivity index (χ1n) is 26.8. The molecule has 4 N–H and O–H groups in total. The fraction of sp³-hybridized carbons (Fsp3) is 0.525. The number of aliphatic hydroxyl groups is 2. The normalized spacial score (nSPS) is 32.6. The minimum absolute atomic E-state index is 0. The van der Waals surface area contributed by atoms with Crippen molar-refractivity contribution in [3.05, 3.63) is 112 Å². The summed E-state index contributed by atoms with van der Waals surface area (Å²) in [7, 11) is 3.48. The van der Waals surface area contributed by atoms with Crippen LogP contribution in [0.3, 0.4) is 0 Å². The third kappa shape index (κ3) is 8.17. The van der Waals surface area contributed by atoms with Gasteiger partial charge in [0.1, 0.15) is 12.2 Å². The number of benzene rings is 3. The first kappa shape index (κ1) is 53.6. The van der Waals surface area contributed by atoms with E-state index in [1.54, 1.807) is 53.7 Å². The molecule has 14 rings (SSSR count). The maximum absolute atomic E-state index is 13.3. The van der Waals surface area contributed by atoms with E-state index < -0.39 is 57.9 Å². The van der Waals surface area contributed by atoms with Crippen LogP contribution >= 0.6 is 24.8 Å². The van der Waals surface area contributed by atoms with Gasteiger partial charge in [-0.1, -0.05) is 18.1 Å². The van der Waals surface area contributed by atoms with E-state index >= 15 is 0 Å². The fourth-order valence-corrected chi connectivity index (χ4v) is 15.6. The smallest absolute Gasteiger partial charge is 0.416 e. The van der Waals surface area contributed by atoms with Crippen molar-refractivity contribution in [2.75, 3.05) is 40.3 Å². The lowest BCUT2D eigenvalue weighted by atomic mass is 9.48. The Hall–Kier alpha value is -5.41. The number of hydrogen-bond acceptors (Lipinski definition) is 11. The number of phenolic OH excluding ortho intramolecular Hbond substituents is 2. The molecule has 3 aromatic carbocycles. The van der Waals surface area contributed by atoms with Crippen LogP contribution in [0.1, 0.15) is 103 Å². The topological polar surface area (TPSA) is 160 Å². The highest BCUT2D eigenvalue weighted by atomic mass is 35.5. The van der Waals surface area contributed by atoms with Gasteiger partial charge in [-0.25, -0.2) is 0 Å². The Labute approximate surface area is 458 Å². The second kappa shape index (κ2) is 19.2. The Bertz CT molecular complexity index is 3070. The number of hydrogen-bond donors (Lipinski definition) is 4. The number of nitrogens with zero attached hydrogens (tertiary/aromatic N) is 4. The van der Waals surface area contributed by atoms with Crippen LogP contribution in [0.2, 0.25) is 0 Å². The van der Waals surface area contributed by atoms with Crippen LogP contribution in [-0.4, -0.2) is 140 Å². The second-order valence-electron chi connectivity index (χ2n) is 23.4. The van der Waals surface area contributed by atoms with Gasteiger partial charge in [0.15, 0.2) is 23.0 Å². The third-order valence-electron chi connectivity index (χ3n) is 19.6. The summed E-state index contributed by atoms with van der Waals surface area (Å²) < 4.78 is 56.8. The van der Waals surface area contributed by atoms with Crippen molar-refractivity contribution in [2.24, 2.45) is 11.8 Å². The minimum Gasteiger partial charge on any atom is -0.504 e. The largest absolute Gasteiger partial charge is 0.504 e. The number of carbonyl (C=O) groups is 2. The van der Waals surface area contributed by atoms with Gasteiger partial charge in [0, 0.05) is 73.5 Å². The molecule has 4 aliphatic heterocycles. The number of piperidine rings is 2. The monoisotopic (exact) mass is 1100 g/mol. The van der Waals surface area contributed by atoms with Crippen LogP contribution in [0.5, 0.6) is 23.0 Å².